The van der Waals surface area contributed by atoms with E-state index in [9.17, 15) is 0 Å². The van der Waals surface area contributed by atoms with E-state index in [1.54, 1.807) is 11.8 Å². The predicted octanol–water partition coefficient (Wildman–Crippen LogP) is 4.31. The van der Waals surface area contributed by atoms with E-state index in [4.69, 9.17) is 4.98 Å². The molecule has 0 bridgehead atoms. The number of aryl methyl sites for hydroxylation is 1. The lowest BCUT2D eigenvalue weighted by molar-refractivity contribution is 0.509. The molecule has 6 heteroatoms. The Morgan fingerprint density at radius 1 is 1.32 bits per heavy atom. The quantitative estimate of drug-likeness (QED) is 0.656. The first-order valence-electron chi connectivity index (χ1n) is 7.83. The SMILES string of the molecule is CSc1nnc2c3c4c(sc3nc(C(C)C)n12)CC(C)CC4. The number of aromatic nitrogens is 4. The van der Waals surface area contributed by atoms with Crippen LogP contribution >= 0.6 is 23.1 Å². The molecule has 0 spiro atoms. The van der Waals surface area contributed by atoms with Crippen molar-refractivity contribution in [2.75, 3.05) is 6.26 Å². The highest BCUT2D eigenvalue weighted by Gasteiger charge is 2.25. The fourth-order valence-corrected chi connectivity index (χ4v) is 5.23. The molecule has 0 fully saturated rings. The Kier molecular flexibility index (Phi) is 3.42. The van der Waals surface area contributed by atoms with Gasteiger partial charge in [0.2, 0.25) is 0 Å². The van der Waals surface area contributed by atoms with Crippen molar-refractivity contribution in [2.45, 2.75) is 51.1 Å². The molecular formula is C16H20N4S2. The first-order valence-corrected chi connectivity index (χ1v) is 9.87. The van der Waals surface area contributed by atoms with Crippen LogP contribution in [0.1, 0.15) is 49.4 Å². The van der Waals surface area contributed by atoms with E-state index in [1.165, 1.54) is 28.7 Å². The molecule has 22 heavy (non-hydrogen) atoms. The van der Waals surface area contributed by atoms with Gasteiger partial charge >= 0.3 is 0 Å². The van der Waals surface area contributed by atoms with Crippen molar-refractivity contribution in [2.24, 2.45) is 5.92 Å². The Bertz CT molecular complexity index is 862. The maximum absolute atomic E-state index is 5.00. The summed E-state index contributed by atoms with van der Waals surface area (Å²) in [6.07, 6.45) is 5.65. The first-order chi connectivity index (χ1) is 10.6. The highest BCUT2D eigenvalue weighted by Crippen LogP contribution is 2.40. The molecule has 116 valence electrons. The number of thiophene rings is 1. The minimum Gasteiger partial charge on any atom is -0.257 e. The van der Waals surface area contributed by atoms with Crippen LogP contribution in [0.2, 0.25) is 0 Å². The summed E-state index contributed by atoms with van der Waals surface area (Å²) >= 11 is 3.51. The topological polar surface area (TPSA) is 43.1 Å². The highest BCUT2D eigenvalue weighted by atomic mass is 32.2. The van der Waals surface area contributed by atoms with Gasteiger partial charge in [0.15, 0.2) is 10.8 Å². The maximum atomic E-state index is 5.00. The molecule has 1 unspecified atom stereocenters. The van der Waals surface area contributed by atoms with Gasteiger partial charge in [-0.15, -0.1) is 21.5 Å². The highest BCUT2D eigenvalue weighted by molar-refractivity contribution is 7.98. The average Bonchev–Trinajstić information content (AvgIpc) is 3.05. The molecule has 1 atom stereocenters. The van der Waals surface area contributed by atoms with E-state index in [1.807, 2.05) is 11.3 Å². The van der Waals surface area contributed by atoms with Crippen LogP contribution in [0, 0.1) is 5.92 Å². The van der Waals surface area contributed by atoms with Crippen molar-refractivity contribution in [3.8, 4) is 0 Å². The first kappa shape index (κ1) is 14.5. The molecule has 0 saturated heterocycles. The van der Waals surface area contributed by atoms with Crippen molar-refractivity contribution >= 4 is 39.0 Å². The molecule has 0 aromatic carbocycles. The lowest BCUT2D eigenvalue weighted by Gasteiger charge is -2.17. The van der Waals surface area contributed by atoms with Gasteiger partial charge in [-0.2, -0.15) is 0 Å². The Hall–Kier alpha value is -1.14. The third-order valence-electron chi connectivity index (χ3n) is 4.49. The number of fused-ring (bicyclic) bond motifs is 5. The van der Waals surface area contributed by atoms with Crippen LogP contribution in [0.3, 0.4) is 0 Å². The zero-order valence-corrected chi connectivity index (χ0v) is 15.0. The molecule has 3 aromatic heterocycles. The number of hydrogen-bond acceptors (Lipinski definition) is 5. The van der Waals surface area contributed by atoms with Crippen molar-refractivity contribution in [3.63, 3.8) is 0 Å². The third-order valence-corrected chi connectivity index (χ3v) is 6.27. The van der Waals surface area contributed by atoms with Gasteiger partial charge in [-0.25, -0.2) is 4.98 Å². The van der Waals surface area contributed by atoms with Gasteiger partial charge in [-0.05, 0) is 37.0 Å². The molecule has 0 N–H and O–H groups in total. The van der Waals surface area contributed by atoms with E-state index >= 15 is 0 Å². The molecular weight excluding hydrogens is 312 g/mol. The third kappa shape index (κ3) is 2.00. The summed E-state index contributed by atoms with van der Waals surface area (Å²) in [6, 6.07) is 0. The van der Waals surface area contributed by atoms with Crippen molar-refractivity contribution < 1.29 is 0 Å². The summed E-state index contributed by atoms with van der Waals surface area (Å²) in [5, 5.41) is 11.1. The van der Waals surface area contributed by atoms with Gasteiger partial charge in [-0.1, -0.05) is 32.5 Å². The molecule has 0 saturated carbocycles. The summed E-state index contributed by atoms with van der Waals surface area (Å²) in [6.45, 7) is 6.72. The van der Waals surface area contributed by atoms with E-state index in [0.717, 1.165) is 33.8 Å². The van der Waals surface area contributed by atoms with Crippen LogP contribution in [0.25, 0.3) is 15.9 Å². The minimum absolute atomic E-state index is 0.354. The molecule has 0 aliphatic heterocycles. The fourth-order valence-electron chi connectivity index (χ4n) is 3.36. The predicted molar refractivity (Wildman–Crippen MR) is 93.2 cm³/mol. The molecule has 0 amide bonds. The van der Waals surface area contributed by atoms with Crippen LogP contribution in [0.5, 0.6) is 0 Å². The molecule has 1 aliphatic rings. The van der Waals surface area contributed by atoms with Crippen LogP contribution in [-0.4, -0.2) is 25.8 Å². The van der Waals surface area contributed by atoms with E-state index in [2.05, 4.69) is 41.6 Å². The van der Waals surface area contributed by atoms with Gasteiger partial charge in [0.1, 0.15) is 10.7 Å². The molecule has 3 aromatic rings. The maximum Gasteiger partial charge on any atom is 0.196 e. The lowest BCUT2D eigenvalue weighted by atomic mass is 9.89. The smallest absolute Gasteiger partial charge is 0.196 e. The Morgan fingerprint density at radius 2 is 2.14 bits per heavy atom. The molecule has 3 heterocycles. The zero-order valence-electron chi connectivity index (χ0n) is 13.4. The van der Waals surface area contributed by atoms with Gasteiger partial charge in [-0.3, -0.25) is 4.40 Å². The fraction of sp³-hybridized carbons (Fsp3) is 0.562. The van der Waals surface area contributed by atoms with Gasteiger partial charge < -0.3 is 0 Å². The standard InChI is InChI=1S/C16H20N4S2/c1-8(2)13-17-15-12(14-18-19-16(21-4)20(13)14)10-6-5-9(3)7-11(10)22-15/h8-9H,5-7H2,1-4H3. The number of hydrogen-bond donors (Lipinski definition) is 0. The van der Waals surface area contributed by atoms with Gasteiger partial charge in [0.05, 0.1) is 5.39 Å². The summed E-state index contributed by atoms with van der Waals surface area (Å²) in [5.74, 6) is 2.20. The molecule has 4 rings (SSSR count). The normalized spacial score (nSPS) is 18.5. The molecule has 1 aliphatic carbocycles. The average molecular weight is 332 g/mol. The van der Waals surface area contributed by atoms with Crippen molar-refractivity contribution in [1.82, 2.24) is 19.6 Å². The number of thioether (sulfide) groups is 1. The number of nitrogens with zero attached hydrogens (tertiary/aromatic N) is 4. The van der Waals surface area contributed by atoms with Gasteiger partial charge in [0.25, 0.3) is 0 Å². The minimum atomic E-state index is 0.354. The van der Waals surface area contributed by atoms with Crippen LogP contribution in [0.4, 0.5) is 0 Å². The second-order valence-electron chi connectivity index (χ2n) is 6.50. The largest absolute Gasteiger partial charge is 0.257 e. The monoisotopic (exact) mass is 332 g/mol. The molecule has 4 nitrogen and oxygen atoms in total. The second kappa shape index (κ2) is 5.20. The van der Waals surface area contributed by atoms with Crippen LogP contribution < -0.4 is 0 Å². The summed E-state index contributed by atoms with van der Waals surface area (Å²) in [4.78, 5) is 7.66. The van der Waals surface area contributed by atoms with E-state index < -0.39 is 0 Å². The van der Waals surface area contributed by atoms with Crippen molar-refractivity contribution in [3.05, 3.63) is 16.3 Å². The Labute approximate surface area is 138 Å². The van der Waals surface area contributed by atoms with Crippen LogP contribution in [0.15, 0.2) is 5.16 Å². The summed E-state index contributed by atoms with van der Waals surface area (Å²) < 4.78 is 2.17. The Morgan fingerprint density at radius 3 is 2.86 bits per heavy atom. The molecule has 0 radical (unpaired) electrons. The second-order valence-corrected chi connectivity index (χ2v) is 8.36. The Balaban J connectivity index is 2.11. The zero-order chi connectivity index (χ0) is 15.4. The lowest BCUT2D eigenvalue weighted by Crippen LogP contribution is -2.09. The van der Waals surface area contributed by atoms with Gasteiger partial charge in [0, 0.05) is 10.8 Å². The summed E-state index contributed by atoms with van der Waals surface area (Å²) in [5.41, 5.74) is 2.48. The summed E-state index contributed by atoms with van der Waals surface area (Å²) in [7, 11) is 0. The van der Waals surface area contributed by atoms with E-state index in [-0.39, 0.29) is 0 Å². The van der Waals surface area contributed by atoms with Crippen LogP contribution in [-0.2, 0) is 12.8 Å². The van der Waals surface area contributed by atoms with Crippen molar-refractivity contribution in [1.29, 1.82) is 0 Å². The van der Waals surface area contributed by atoms with E-state index in [0.29, 0.717) is 5.92 Å². The number of rotatable bonds is 2.